The number of esters is 1. The van der Waals surface area contributed by atoms with Gasteiger partial charge in [-0.2, -0.15) is 19.6 Å². The lowest BCUT2D eigenvalue weighted by atomic mass is 10.0. The highest BCUT2D eigenvalue weighted by Crippen LogP contribution is 2.24. The second-order valence-corrected chi connectivity index (χ2v) is 12.0. The highest BCUT2D eigenvalue weighted by molar-refractivity contribution is 9.08. The lowest BCUT2D eigenvalue weighted by Crippen LogP contribution is -2.05. The van der Waals surface area contributed by atoms with E-state index in [1.807, 2.05) is 45.0 Å². The molecule has 0 spiro atoms. The van der Waals surface area contributed by atoms with Crippen molar-refractivity contribution in [2.45, 2.75) is 53.3 Å². The Balaban J connectivity index is 0.000000189. The van der Waals surface area contributed by atoms with Gasteiger partial charge in [0, 0.05) is 28.7 Å². The van der Waals surface area contributed by atoms with E-state index in [0.717, 1.165) is 39.0 Å². The molecule has 0 amide bonds. The Kier molecular flexibility index (Phi) is 12.0. The van der Waals surface area contributed by atoms with Gasteiger partial charge in [0.05, 0.1) is 18.4 Å². The van der Waals surface area contributed by atoms with Gasteiger partial charge < -0.3 is 26.4 Å². The lowest BCUT2D eigenvalue weighted by Gasteiger charge is -2.05. The van der Waals surface area contributed by atoms with Crippen molar-refractivity contribution in [3.63, 3.8) is 0 Å². The summed E-state index contributed by atoms with van der Waals surface area (Å²) in [5, 5.41) is 5.39. The first kappa shape index (κ1) is 35.7. The number of fused-ring (bicyclic) bond motifs is 1. The number of aromatic nitrogens is 4. The van der Waals surface area contributed by atoms with E-state index in [0.29, 0.717) is 41.5 Å². The normalized spacial score (nSPS) is 10.6. The summed E-state index contributed by atoms with van der Waals surface area (Å²) in [7, 11) is 0. The predicted molar refractivity (Wildman–Crippen MR) is 196 cm³/mol. The highest BCUT2D eigenvalue weighted by atomic mass is 79.9. The molecule has 0 aliphatic carbocycles. The molecule has 0 atom stereocenters. The van der Waals surface area contributed by atoms with Gasteiger partial charge in [-0.25, -0.2) is 4.79 Å². The summed E-state index contributed by atoms with van der Waals surface area (Å²) in [5.41, 5.74) is 28.2. The van der Waals surface area contributed by atoms with Crippen LogP contribution in [0.1, 0.15) is 62.0 Å². The molecule has 3 aromatic heterocycles. The molecule has 6 N–H and O–H groups in total. The zero-order valence-electron chi connectivity index (χ0n) is 28.2. The van der Waals surface area contributed by atoms with E-state index in [1.54, 1.807) is 35.8 Å². The Morgan fingerprint density at radius 3 is 2.08 bits per heavy atom. The Hall–Kier alpha value is -5.16. The minimum atomic E-state index is -0.300. The maximum Gasteiger partial charge on any atom is 0.338 e. The van der Waals surface area contributed by atoms with E-state index in [2.05, 4.69) is 69.1 Å². The van der Waals surface area contributed by atoms with Crippen LogP contribution >= 0.6 is 15.9 Å². The third kappa shape index (κ3) is 9.01. The number of rotatable bonds is 6. The molecule has 0 aliphatic rings. The molecule has 0 radical (unpaired) electrons. The van der Waals surface area contributed by atoms with Crippen LogP contribution in [0.3, 0.4) is 0 Å². The Labute approximate surface area is 289 Å². The molecule has 6 rings (SSSR count). The molecule has 250 valence electrons. The lowest BCUT2D eigenvalue weighted by molar-refractivity contribution is 0.0526. The number of hydrogen-bond acceptors (Lipinski definition) is 9. The van der Waals surface area contributed by atoms with Crippen molar-refractivity contribution in [1.29, 1.82) is 0 Å². The monoisotopic (exact) mass is 711 g/mol. The number of hydrogen-bond donors (Lipinski definition) is 3. The Morgan fingerprint density at radius 2 is 1.48 bits per heavy atom. The minimum Gasteiger partial charge on any atom is -0.462 e. The van der Waals surface area contributed by atoms with E-state index in [4.69, 9.17) is 26.4 Å². The third-order valence-electron chi connectivity index (χ3n) is 7.65. The van der Waals surface area contributed by atoms with E-state index in [1.165, 1.54) is 16.7 Å². The van der Waals surface area contributed by atoms with Crippen molar-refractivity contribution < 1.29 is 13.9 Å². The molecule has 3 heterocycles. The topological polar surface area (TPSA) is 161 Å². The Morgan fingerprint density at radius 1 is 0.812 bits per heavy atom. The molecule has 0 aliphatic heterocycles. The molecule has 3 aromatic carbocycles. The van der Waals surface area contributed by atoms with Gasteiger partial charge in [-0.05, 0) is 111 Å². The number of nitrogens with zero attached hydrogens (tertiary/aromatic N) is 4. The number of ether oxygens (including phenoxy) is 1. The SMILES string of the molecule is CCOC(=O)c1ccc(N)c(C)c1.Cc1ccc(-c2nc(N)nc3c(Cc4ccc(N)c(C)c4)cnn23)o1.Cc1ccc(CBr)cc1C. The largest absolute Gasteiger partial charge is 0.462 e. The van der Waals surface area contributed by atoms with E-state index >= 15 is 0 Å². The number of halogens is 1. The second-order valence-electron chi connectivity index (χ2n) is 11.4. The van der Waals surface area contributed by atoms with Crippen molar-refractivity contribution in [3.8, 4) is 11.6 Å². The van der Waals surface area contributed by atoms with Crippen LogP contribution in [0, 0.1) is 34.6 Å². The number of nitrogen functional groups attached to an aromatic ring is 3. The van der Waals surface area contributed by atoms with Gasteiger partial charge in [0.15, 0.2) is 11.4 Å². The van der Waals surface area contributed by atoms with Gasteiger partial charge in [0.25, 0.3) is 0 Å². The van der Waals surface area contributed by atoms with Crippen LogP contribution in [0.25, 0.3) is 17.2 Å². The summed E-state index contributed by atoms with van der Waals surface area (Å²) in [6.45, 7) is 12.2. The fourth-order valence-electron chi connectivity index (χ4n) is 4.75. The zero-order chi connectivity index (χ0) is 35.0. The number of nitrogens with two attached hydrogens (primary N) is 3. The molecule has 0 saturated carbocycles. The summed E-state index contributed by atoms with van der Waals surface area (Å²) in [5.74, 6) is 1.83. The number of benzene rings is 3. The molecule has 0 saturated heterocycles. The van der Waals surface area contributed by atoms with Gasteiger partial charge in [-0.15, -0.1) is 0 Å². The molecule has 6 aromatic rings. The minimum absolute atomic E-state index is 0.187. The van der Waals surface area contributed by atoms with Crippen LogP contribution in [-0.4, -0.2) is 32.2 Å². The van der Waals surface area contributed by atoms with Crippen molar-refractivity contribution in [1.82, 2.24) is 19.6 Å². The number of anilines is 3. The second kappa shape index (κ2) is 16.1. The number of carbonyl (C=O) groups is 1. The number of carbonyl (C=O) groups excluding carboxylic acids is 1. The fourth-order valence-corrected chi connectivity index (χ4v) is 5.10. The first-order valence-electron chi connectivity index (χ1n) is 15.5. The highest BCUT2D eigenvalue weighted by Gasteiger charge is 2.16. The van der Waals surface area contributed by atoms with Gasteiger partial charge in [0.1, 0.15) is 5.76 Å². The van der Waals surface area contributed by atoms with Crippen LogP contribution in [0.5, 0.6) is 0 Å². The van der Waals surface area contributed by atoms with Crippen molar-refractivity contribution >= 4 is 44.9 Å². The molecule has 11 heteroatoms. The van der Waals surface area contributed by atoms with Crippen LogP contribution < -0.4 is 17.2 Å². The van der Waals surface area contributed by atoms with E-state index < -0.39 is 0 Å². The number of alkyl halides is 1. The third-order valence-corrected chi connectivity index (χ3v) is 8.30. The molecular weight excluding hydrogens is 670 g/mol. The number of aryl methyl sites for hydroxylation is 5. The Bertz CT molecular complexity index is 2030. The molecular formula is C37H42BrN7O3. The van der Waals surface area contributed by atoms with Gasteiger partial charge in [-0.3, -0.25) is 0 Å². The quantitative estimate of drug-likeness (QED) is 0.0893. The van der Waals surface area contributed by atoms with Gasteiger partial charge in [-0.1, -0.05) is 46.3 Å². The molecule has 0 bridgehead atoms. The summed E-state index contributed by atoms with van der Waals surface area (Å²) in [6, 6.07) is 21.3. The van der Waals surface area contributed by atoms with Crippen molar-refractivity contribution in [3.05, 3.63) is 123 Å². The van der Waals surface area contributed by atoms with Gasteiger partial charge >= 0.3 is 5.97 Å². The molecule has 10 nitrogen and oxygen atoms in total. The van der Waals surface area contributed by atoms with Crippen LogP contribution in [0.4, 0.5) is 17.3 Å². The van der Waals surface area contributed by atoms with E-state index in [-0.39, 0.29) is 11.9 Å². The standard InChI is InChI=1S/C18H18N6O.C10H13NO2.C9H11Br/c1-10-7-12(4-5-14(10)19)8-13-9-21-24-16(13)22-18(20)23-17(24)15-6-3-11(2)25-15;1-3-13-10(12)8-4-5-9(11)7(2)6-8;1-7-3-4-9(6-10)5-8(7)2/h3-7,9H,8,19H2,1-2H3,(H2,20,22);4-6H,3,11H2,1-2H3;3-5H,6H2,1-2H3. The summed E-state index contributed by atoms with van der Waals surface area (Å²) in [6.07, 6.45) is 2.46. The average molecular weight is 713 g/mol. The predicted octanol–water partition coefficient (Wildman–Crippen LogP) is 7.71. The van der Waals surface area contributed by atoms with Crippen molar-refractivity contribution in [2.24, 2.45) is 0 Å². The summed E-state index contributed by atoms with van der Waals surface area (Å²) < 4.78 is 12.2. The smallest absolute Gasteiger partial charge is 0.338 e. The van der Waals surface area contributed by atoms with Crippen molar-refractivity contribution in [2.75, 3.05) is 23.8 Å². The molecule has 48 heavy (non-hydrogen) atoms. The molecule has 0 fully saturated rings. The zero-order valence-corrected chi connectivity index (χ0v) is 29.8. The van der Waals surface area contributed by atoms with Gasteiger partial charge in [0.2, 0.25) is 11.8 Å². The average Bonchev–Trinajstić information content (AvgIpc) is 3.68. The first-order chi connectivity index (χ1) is 22.9. The summed E-state index contributed by atoms with van der Waals surface area (Å²) >= 11 is 3.42. The maximum atomic E-state index is 11.2. The van der Waals surface area contributed by atoms with Crippen LogP contribution in [0.15, 0.2) is 77.3 Å². The van der Waals surface area contributed by atoms with Crippen LogP contribution in [0.2, 0.25) is 0 Å². The first-order valence-corrected chi connectivity index (χ1v) is 16.6. The maximum absolute atomic E-state index is 11.2. The summed E-state index contributed by atoms with van der Waals surface area (Å²) in [4.78, 5) is 19.9. The van der Waals surface area contributed by atoms with E-state index in [9.17, 15) is 4.79 Å². The number of furan rings is 1. The molecule has 0 unspecified atom stereocenters. The van der Waals surface area contributed by atoms with Crippen LogP contribution in [-0.2, 0) is 16.5 Å². The fraction of sp³-hybridized carbons (Fsp3) is 0.243.